The lowest BCUT2D eigenvalue weighted by molar-refractivity contribution is -0.238. The molecule has 0 amide bonds. The number of ether oxygens (including phenoxy) is 3. The van der Waals surface area contributed by atoms with Gasteiger partial charge in [0.25, 0.3) is 5.79 Å². The van der Waals surface area contributed by atoms with Crippen LogP contribution in [0.1, 0.15) is 39.7 Å². The van der Waals surface area contributed by atoms with Crippen LogP contribution in [0.15, 0.2) is 30.3 Å². The number of terminal acetylenes is 1. The molecule has 1 aliphatic heterocycles. The summed E-state index contributed by atoms with van der Waals surface area (Å²) in [5.41, 5.74) is -0.344. The first-order chi connectivity index (χ1) is 13.5. The van der Waals surface area contributed by atoms with Gasteiger partial charge in [-0.3, -0.25) is 19.2 Å². The van der Waals surface area contributed by atoms with E-state index in [4.69, 9.17) is 20.6 Å². The van der Waals surface area contributed by atoms with Crippen molar-refractivity contribution in [1.82, 2.24) is 0 Å². The molecule has 0 saturated carbocycles. The summed E-state index contributed by atoms with van der Waals surface area (Å²) in [5, 5.41) is 0. The van der Waals surface area contributed by atoms with Gasteiger partial charge in [0.15, 0.2) is 5.78 Å². The predicted octanol–water partition coefficient (Wildman–Crippen LogP) is 2.21. The second kappa shape index (κ2) is 8.58. The Hall–Kier alpha value is -2.98. The van der Waals surface area contributed by atoms with Crippen molar-refractivity contribution >= 4 is 23.5 Å². The van der Waals surface area contributed by atoms with Gasteiger partial charge in [-0.15, -0.1) is 6.42 Å². The number of Topliss-reactive ketones (excluding diaryl/α,β-unsaturated/α-hetero) is 2. The van der Waals surface area contributed by atoms with E-state index in [-0.39, 0.29) is 6.61 Å². The van der Waals surface area contributed by atoms with E-state index in [2.05, 4.69) is 5.92 Å². The summed E-state index contributed by atoms with van der Waals surface area (Å²) >= 11 is 0. The Bertz CT molecular complexity index is 826. The molecular weight excluding hydrogens is 376 g/mol. The van der Waals surface area contributed by atoms with Crippen molar-refractivity contribution in [3.05, 3.63) is 35.9 Å². The van der Waals surface area contributed by atoms with Crippen LogP contribution in [0.4, 0.5) is 0 Å². The lowest BCUT2D eigenvalue weighted by Crippen LogP contribution is -2.50. The van der Waals surface area contributed by atoms with Crippen LogP contribution in [0.3, 0.4) is 0 Å². The summed E-state index contributed by atoms with van der Waals surface area (Å²) in [4.78, 5) is 49.3. The Labute approximate surface area is 169 Å². The predicted molar refractivity (Wildman–Crippen MR) is 102 cm³/mol. The van der Waals surface area contributed by atoms with E-state index in [9.17, 15) is 19.2 Å². The SMILES string of the molecule is C#CC(OCc1ccccc1)C(C)(C)C(=O)CC(=O)C1C(=O)OC(C)(C)OC1=O. The number of benzene rings is 1. The van der Waals surface area contributed by atoms with Crippen LogP contribution in [0.5, 0.6) is 0 Å². The van der Waals surface area contributed by atoms with Gasteiger partial charge in [0, 0.05) is 13.8 Å². The third-order valence-corrected chi connectivity index (χ3v) is 4.61. The highest BCUT2D eigenvalue weighted by Gasteiger charge is 2.48. The third kappa shape index (κ3) is 5.30. The second-order valence-electron chi connectivity index (χ2n) is 7.81. The van der Waals surface area contributed by atoms with Crippen LogP contribution >= 0.6 is 0 Å². The molecule has 2 rings (SSSR count). The van der Waals surface area contributed by atoms with Crippen molar-refractivity contribution in [3.63, 3.8) is 0 Å². The fraction of sp³-hybridized carbons (Fsp3) is 0.455. The molecule has 1 heterocycles. The molecule has 0 spiro atoms. The van der Waals surface area contributed by atoms with Crippen molar-refractivity contribution in [2.24, 2.45) is 11.3 Å². The fourth-order valence-electron chi connectivity index (χ4n) is 2.84. The van der Waals surface area contributed by atoms with Crippen LogP contribution in [0.2, 0.25) is 0 Å². The highest BCUT2D eigenvalue weighted by molar-refractivity contribution is 6.20. The van der Waals surface area contributed by atoms with Gasteiger partial charge in [-0.2, -0.15) is 0 Å². The number of esters is 2. The molecule has 0 bridgehead atoms. The minimum Gasteiger partial charge on any atom is -0.422 e. The van der Waals surface area contributed by atoms with Crippen molar-refractivity contribution in [2.75, 3.05) is 0 Å². The summed E-state index contributed by atoms with van der Waals surface area (Å²) in [6.07, 6.45) is 3.97. The van der Waals surface area contributed by atoms with E-state index in [0.717, 1.165) is 5.56 Å². The standard InChI is InChI=1S/C22H24O7/c1-6-17(27-13-14-10-8-7-9-11-14)21(2,3)16(24)12-15(23)18-19(25)28-22(4,5)29-20(18)26/h1,7-11,17-18H,12-13H2,2-5H3. The number of ketones is 2. The first-order valence-corrected chi connectivity index (χ1v) is 9.11. The maximum absolute atomic E-state index is 12.8. The molecule has 0 N–H and O–H groups in total. The van der Waals surface area contributed by atoms with Crippen LogP contribution in [-0.4, -0.2) is 35.4 Å². The van der Waals surface area contributed by atoms with Crippen molar-refractivity contribution in [2.45, 2.75) is 52.6 Å². The molecule has 1 atom stereocenters. The van der Waals surface area contributed by atoms with Crippen molar-refractivity contribution in [3.8, 4) is 12.3 Å². The molecule has 1 fully saturated rings. The summed E-state index contributed by atoms with van der Waals surface area (Å²) in [6, 6.07) is 9.27. The molecule has 7 nitrogen and oxygen atoms in total. The van der Waals surface area contributed by atoms with Gasteiger partial charge in [0.2, 0.25) is 5.92 Å². The molecule has 1 aromatic rings. The number of cyclic esters (lactones) is 2. The summed E-state index contributed by atoms with van der Waals surface area (Å²) in [5.74, 6) is -4.30. The Balaban J connectivity index is 2.05. The van der Waals surface area contributed by atoms with E-state index >= 15 is 0 Å². The minimum absolute atomic E-state index is 0.191. The lowest BCUT2D eigenvalue weighted by atomic mass is 9.79. The maximum atomic E-state index is 12.8. The summed E-state index contributed by atoms with van der Waals surface area (Å²) in [7, 11) is 0. The van der Waals surface area contributed by atoms with Crippen LogP contribution in [0.25, 0.3) is 0 Å². The van der Waals surface area contributed by atoms with Crippen LogP contribution < -0.4 is 0 Å². The molecule has 0 aromatic heterocycles. The van der Waals surface area contributed by atoms with Gasteiger partial charge < -0.3 is 14.2 Å². The first kappa shape index (κ1) is 22.3. The Morgan fingerprint density at radius 1 is 1.17 bits per heavy atom. The highest BCUT2D eigenvalue weighted by Crippen LogP contribution is 2.29. The maximum Gasteiger partial charge on any atom is 0.331 e. The average Bonchev–Trinajstić information content (AvgIpc) is 2.61. The first-order valence-electron chi connectivity index (χ1n) is 9.11. The summed E-state index contributed by atoms with van der Waals surface area (Å²) in [6.45, 7) is 6.05. The Morgan fingerprint density at radius 3 is 2.24 bits per heavy atom. The molecule has 0 radical (unpaired) electrons. The molecule has 154 valence electrons. The Morgan fingerprint density at radius 2 is 1.72 bits per heavy atom. The Kier molecular flexibility index (Phi) is 6.60. The summed E-state index contributed by atoms with van der Waals surface area (Å²) < 4.78 is 15.6. The van der Waals surface area contributed by atoms with E-state index in [1.165, 1.54) is 13.8 Å². The quantitative estimate of drug-likeness (QED) is 0.375. The molecular formula is C22H24O7. The highest BCUT2D eigenvalue weighted by atomic mass is 16.7. The van der Waals surface area contributed by atoms with Crippen molar-refractivity contribution < 1.29 is 33.4 Å². The van der Waals surface area contributed by atoms with E-state index in [1.54, 1.807) is 13.8 Å². The van der Waals surface area contributed by atoms with Gasteiger partial charge in [-0.1, -0.05) is 36.3 Å². The van der Waals surface area contributed by atoms with Crippen LogP contribution in [0, 0.1) is 23.7 Å². The van der Waals surface area contributed by atoms with Gasteiger partial charge >= 0.3 is 11.9 Å². The zero-order chi connectivity index (χ0) is 21.8. The fourth-order valence-corrected chi connectivity index (χ4v) is 2.84. The third-order valence-electron chi connectivity index (χ3n) is 4.61. The van der Waals surface area contributed by atoms with Crippen molar-refractivity contribution in [1.29, 1.82) is 0 Å². The molecule has 0 aliphatic carbocycles. The molecule has 7 heteroatoms. The van der Waals surface area contributed by atoms with E-state index < -0.39 is 53.1 Å². The number of carbonyl (C=O) groups is 4. The smallest absolute Gasteiger partial charge is 0.331 e. The lowest BCUT2D eigenvalue weighted by Gasteiger charge is -2.33. The number of hydrogen-bond donors (Lipinski definition) is 0. The monoisotopic (exact) mass is 400 g/mol. The van der Waals surface area contributed by atoms with Gasteiger partial charge in [0.05, 0.1) is 18.4 Å². The zero-order valence-electron chi connectivity index (χ0n) is 16.9. The molecule has 29 heavy (non-hydrogen) atoms. The van der Waals surface area contributed by atoms with Gasteiger partial charge in [0.1, 0.15) is 11.9 Å². The molecule has 1 aromatic carbocycles. The topological polar surface area (TPSA) is 96.0 Å². The largest absolute Gasteiger partial charge is 0.422 e. The zero-order valence-corrected chi connectivity index (χ0v) is 16.9. The number of carbonyl (C=O) groups excluding carboxylic acids is 4. The minimum atomic E-state index is -1.78. The second-order valence-corrected chi connectivity index (χ2v) is 7.81. The molecule has 1 saturated heterocycles. The van der Waals surface area contributed by atoms with E-state index in [0.29, 0.717) is 0 Å². The molecule has 1 unspecified atom stereocenters. The number of rotatable bonds is 8. The van der Waals surface area contributed by atoms with E-state index in [1.807, 2.05) is 30.3 Å². The van der Waals surface area contributed by atoms with Gasteiger partial charge in [-0.05, 0) is 19.4 Å². The van der Waals surface area contributed by atoms with Gasteiger partial charge in [-0.25, -0.2) is 0 Å². The average molecular weight is 400 g/mol. The molecule has 1 aliphatic rings. The normalized spacial score (nSPS) is 17.6. The van der Waals surface area contributed by atoms with Crippen LogP contribution in [-0.2, 0) is 40.0 Å². The number of hydrogen-bond acceptors (Lipinski definition) is 7.